The minimum atomic E-state index is -0.0931. The van der Waals surface area contributed by atoms with Gasteiger partial charge in [0, 0.05) is 39.3 Å². The third-order valence-electron chi connectivity index (χ3n) is 7.72. The molecule has 0 aromatic heterocycles. The third kappa shape index (κ3) is 4.48. The summed E-state index contributed by atoms with van der Waals surface area (Å²) in [5.74, 6) is 1.73. The van der Waals surface area contributed by atoms with E-state index in [4.69, 9.17) is 4.74 Å². The van der Waals surface area contributed by atoms with Gasteiger partial charge in [-0.1, -0.05) is 55.8 Å². The predicted octanol–water partition coefficient (Wildman–Crippen LogP) is 2.97. The maximum absolute atomic E-state index is 12.9. The number of hydrogen-bond donors (Lipinski definition) is 2. The SMILES string of the molecule is COCCNC(=O)[C@@H]1C[C@H](NCC2=CC[C@H]3C[C@@H]2C3(C)C)CN1Cc1ccccc1. The van der Waals surface area contributed by atoms with E-state index in [0.717, 1.165) is 37.9 Å². The molecule has 2 fully saturated rings. The maximum atomic E-state index is 12.9. The fourth-order valence-corrected chi connectivity index (χ4v) is 5.65. The smallest absolute Gasteiger partial charge is 0.237 e. The van der Waals surface area contributed by atoms with Gasteiger partial charge in [0.15, 0.2) is 0 Å². The van der Waals surface area contributed by atoms with Crippen LogP contribution in [-0.4, -0.2) is 56.2 Å². The third-order valence-corrected chi connectivity index (χ3v) is 7.72. The van der Waals surface area contributed by atoms with E-state index in [0.29, 0.717) is 24.6 Å². The highest BCUT2D eigenvalue weighted by Crippen LogP contribution is 2.59. The van der Waals surface area contributed by atoms with Crippen LogP contribution in [0.25, 0.3) is 0 Å². The fraction of sp³-hybridized carbons (Fsp3) is 0.640. The first-order valence-electron chi connectivity index (χ1n) is 11.5. The summed E-state index contributed by atoms with van der Waals surface area (Å²) in [7, 11) is 1.66. The fourth-order valence-electron chi connectivity index (χ4n) is 5.65. The van der Waals surface area contributed by atoms with Gasteiger partial charge in [-0.15, -0.1) is 0 Å². The van der Waals surface area contributed by atoms with Gasteiger partial charge >= 0.3 is 0 Å². The van der Waals surface area contributed by atoms with Gasteiger partial charge in [0.05, 0.1) is 12.6 Å². The second-order valence-corrected chi connectivity index (χ2v) is 9.85. The standard InChI is InChI=1S/C25H37N3O2/c1-25(2)20-10-9-19(22(25)13-20)15-27-21-14-23(24(29)26-11-12-30-3)28(17-21)16-18-7-5-4-6-8-18/h4-9,20-23,27H,10-17H2,1-3H3,(H,26,29)/t20-,21-,22-,23-/m0/s1. The molecule has 5 rings (SSSR count). The number of nitrogens with zero attached hydrogens (tertiary/aromatic N) is 1. The van der Waals surface area contributed by atoms with Crippen molar-refractivity contribution >= 4 is 5.91 Å². The van der Waals surface area contributed by atoms with Gasteiger partial charge in [0.25, 0.3) is 0 Å². The number of amides is 1. The zero-order valence-electron chi connectivity index (χ0n) is 18.7. The lowest BCUT2D eigenvalue weighted by Crippen LogP contribution is -2.50. The summed E-state index contributed by atoms with van der Waals surface area (Å²) in [6.45, 7) is 8.64. The zero-order valence-corrected chi connectivity index (χ0v) is 18.7. The molecular weight excluding hydrogens is 374 g/mol. The number of hydrogen-bond acceptors (Lipinski definition) is 4. The van der Waals surface area contributed by atoms with Gasteiger partial charge < -0.3 is 15.4 Å². The molecule has 0 unspecified atom stereocenters. The van der Waals surface area contributed by atoms with Crippen LogP contribution in [0.3, 0.4) is 0 Å². The molecule has 4 aliphatic rings. The number of allylic oxidation sites excluding steroid dienone is 1. The molecule has 1 aromatic rings. The van der Waals surface area contributed by atoms with Gasteiger partial charge in [0.2, 0.25) is 5.91 Å². The predicted molar refractivity (Wildman–Crippen MR) is 120 cm³/mol. The van der Waals surface area contributed by atoms with Crippen LogP contribution >= 0.6 is 0 Å². The average molecular weight is 412 g/mol. The van der Waals surface area contributed by atoms with Crippen LogP contribution in [0.5, 0.6) is 0 Å². The van der Waals surface area contributed by atoms with E-state index in [9.17, 15) is 4.79 Å². The summed E-state index contributed by atoms with van der Waals surface area (Å²) in [4.78, 5) is 15.2. The second-order valence-electron chi connectivity index (χ2n) is 9.85. The van der Waals surface area contributed by atoms with Crippen molar-refractivity contribution in [3.05, 3.63) is 47.5 Å². The highest BCUT2D eigenvalue weighted by Gasteiger charge is 2.51. The molecule has 5 heteroatoms. The van der Waals surface area contributed by atoms with Crippen molar-refractivity contribution < 1.29 is 9.53 Å². The monoisotopic (exact) mass is 411 g/mol. The summed E-state index contributed by atoms with van der Waals surface area (Å²) in [5, 5.41) is 6.84. The number of benzene rings is 1. The summed E-state index contributed by atoms with van der Waals surface area (Å²) < 4.78 is 5.09. The van der Waals surface area contributed by atoms with Crippen LogP contribution in [0.15, 0.2) is 42.0 Å². The van der Waals surface area contributed by atoms with Gasteiger partial charge in [-0.05, 0) is 42.1 Å². The quantitative estimate of drug-likeness (QED) is 0.485. The normalized spacial score (nSPS) is 29.9. The van der Waals surface area contributed by atoms with Gasteiger partial charge in [-0.2, -0.15) is 0 Å². The number of likely N-dealkylation sites (tertiary alicyclic amines) is 1. The van der Waals surface area contributed by atoms with E-state index in [1.54, 1.807) is 12.7 Å². The Morgan fingerprint density at radius 3 is 2.73 bits per heavy atom. The van der Waals surface area contributed by atoms with Crippen LogP contribution in [0.2, 0.25) is 0 Å². The first-order valence-corrected chi connectivity index (χ1v) is 11.5. The summed E-state index contributed by atoms with van der Waals surface area (Å²) in [6, 6.07) is 10.7. The lowest BCUT2D eigenvalue weighted by Gasteiger charge is -2.56. The van der Waals surface area contributed by atoms with Crippen LogP contribution < -0.4 is 10.6 Å². The molecule has 1 aromatic carbocycles. The number of fused-ring (bicyclic) bond motifs is 1. The first kappa shape index (κ1) is 21.5. The lowest BCUT2D eigenvalue weighted by molar-refractivity contribution is -0.125. The molecular formula is C25H37N3O2. The van der Waals surface area contributed by atoms with Crippen molar-refractivity contribution in [3.8, 4) is 0 Å². The van der Waals surface area contributed by atoms with E-state index in [2.05, 4.69) is 59.7 Å². The molecule has 2 bridgehead atoms. The zero-order chi connectivity index (χ0) is 21.1. The Balaban J connectivity index is 1.37. The Morgan fingerprint density at radius 2 is 2.03 bits per heavy atom. The lowest BCUT2D eigenvalue weighted by atomic mass is 9.49. The Bertz CT molecular complexity index is 761. The van der Waals surface area contributed by atoms with Crippen molar-refractivity contribution in [2.75, 3.05) is 33.4 Å². The minimum Gasteiger partial charge on any atom is -0.383 e. The Morgan fingerprint density at radius 1 is 1.23 bits per heavy atom. The van der Waals surface area contributed by atoms with Crippen molar-refractivity contribution in [2.45, 2.75) is 51.7 Å². The number of rotatable bonds is 9. The molecule has 1 saturated carbocycles. The average Bonchev–Trinajstić information content (AvgIpc) is 3.16. The van der Waals surface area contributed by atoms with Gasteiger partial charge in [0.1, 0.15) is 0 Å². The van der Waals surface area contributed by atoms with E-state index in [-0.39, 0.29) is 11.9 Å². The number of ether oxygens (including phenoxy) is 1. The highest BCUT2D eigenvalue weighted by atomic mass is 16.5. The molecule has 1 aliphatic heterocycles. The van der Waals surface area contributed by atoms with Gasteiger partial charge in [-0.25, -0.2) is 0 Å². The molecule has 3 aliphatic carbocycles. The van der Waals surface area contributed by atoms with Crippen molar-refractivity contribution in [1.29, 1.82) is 0 Å². The van der Waals surface area contributed by atoms with E-state index in [1.807, 2.05) is 6.07 Å². The molecule has 0 spiro atoms. The van der Waals surface area contributed by atoms with Crippen LogP contribution in [0.1, 0.15) is 38.7 Å². The maximum Gasteiger partial charge on any atom is 0.237 e. The molecule has 164 valence electrons. The first-order chi connectivity index (χ1) is 14.5. The van der Waals surface area contributed by atoms with Crippen molar-refractivity contribution in [1.82, 2.24) is 15.5 Å². The van der Waals surface area contributed by atoms with E-state index >= 15 is 0 Å². The van der Waals surface area contributed by atoms with Crippen LogP contribution in [0.4, 0.5) is 0 Å². The topological polar surface area (TPSA) is 53.6 Å². The molecule has 5 nitrogen and oxygen atoms in total. The number of carbonyl (C=O) groups excluding carboxylic acids is 1. The minimum absolute atomic E-state index is 0.0931. The molecule has 1 heterocycles. The molecule has 0 radical (unpaired) electrons. The van der Waals surface area contributed by atoms with Crippen molar-refractivity contribution in [3.63, 3.8) is 0 Å². The number of carbonyl (C=O) groups is 1. The Hall–Kier alpha value is -1.69. The summed E-state index contributed by atoms with van der Waals surface area (Å²) in [5.41, 5.74) is 3.31. The largest absolute Gasteiger partial charge is 0.383 e. The van der Waals surface area contributed by atoms with Crippen LogP contribution in [-0.2, 0) is 16.1 Å². The molecule has 1 saturated heterocycles. The van der Waals surface area contributed by atoms with Crippen molar-refractivity contribution in [2.24, 2.45) is 17.3 Å². The molecule has 1 amide bonds. The van der Waals surface area contributed by atoms with E-state index < -0.39 is 0 Å². The molecule has 2 N–H and O–H groups in total. The number of nitrogens with one attached hydrogen (secondary N) is 2. The highest BCUT2D eigenvalue weighted by molar-refractivity contribution is 5.82. The second kappa shape index (κ2) is 9.21. The Labute approximate surface area is 181 Å². The molecule has 30 heavy (non-hydrogen) atoms. The number of methoxy groups -OCH3 is 1. The van der Waals surface area contributed by atoms with Gasteiger partial charge in [-0.3, -0.25) is 9.69 Å². The van der Waals surface area contributed by atoms with E-state index in [1.165, 1.54) is 18.4 Å². The summed E-state index contributed by atoms with van der Waals surface area (Å²) in [6.07, 6.45) is 5.92. The summed E-state index contributed by atoms with van der Waals surface area (Å²) >= 11 is 0. The Kier molecular flexibility index (Phi) is 6.61. The molecule has 4 atom stereocenters. The van der Waals surface area contributed by atoms with Crippen LogP contribution in [0, 0.1) is 17.3 Å².